The predicted octanol–water partition coefficient (Wildman–Crippen LogP) is 4.18. The van der Waals surface area contributed by atoms with E-state index in [1.165, 1.54) is 18.4 Å². The van der Waals surface area contributed by atoms with Gasteiger partial charge in [0, 0.05) is 10.0 Å². The summed E-state index contributed by atoms with van der Waals surface area (Å²) < 4.78 is 13.1. The molecule has 2 heterocycles. The van der Waals surface area contributed by atoms with Crippen LogP contribution in [0, 0.1) is 5.41 Å². The summed E-state index contributed by atoms with van der Waals surface area (Å²) in [6.45, 7) is 5.93. The van der Waals surface area contributed by atoms with Crippen LogP contribution in [0.25, 0.3) is 5.57 Å². The van der Waals surface area contributed by atoms with Crippen molar-refractivity contribution in [3.05, 3.63) is 34.8 Å². The topological polar surface area (TPSA) is 18.5 Å². The quantitative estimate of drug-likeness (QED) is 0.713. The maximum atomic E-state index is 6.50. The summed E-state index contributed by atoms with van der Waals surface area (Å²) in [6, 6.07) is 6.24. The summed E-state index contributed by atoms with van der Waals surface area (Å²) in [4.78, 5) is 0. The molecule has 0 N–H and O–H groups in total. The molecular weight excluding hydrogens is 304 g/mol. The summed E-state index contributed by atoms with van der Waals surface area (Å²) in [5.41, 5.74) is 2.30. The molecule has 19 heavy (non-hydrogen) atoms. The highest BCUT2D eigenvalue weighted by Crippen LogP contribution is 2.61. The van der Waals surface area contributed by atoms with Gasteiger partial charge >= 0.3 is 0 Å². The van der Waals surface area contributed by atoms with Gasteiger partial charge in [0.1, 0.15) is 11.4 Å². The molecule has 0 atom stereocenters. The number of fused-ring (bicyclic) bond motifs is 2. The largest absolute Gasteiger partial charge is 0.486 e. The number of hydrogen-bond donors (Lipinski definition) is 0. The van der Waals surface area contributed by atoms with Gasteiger partial charge in [-0.2, -0.15) is 0 Å². The Labute approximate surface area is 121 Å². The van der Waals surface area contributed by atoms with Crippen LogP contribution in [0.5, 0.6) is 5.75 Å². The van der Waals surface area contributed by atoms with Gasteiger partial charge in [0.05, 0.1) is 18.6 Å². The first-order valence-electron chi connectivity index (χ1n) is 6.93. The van der Waals surface area contributed by atoms with E-state index in [0.717, 1.165) is 41.8 Å². The zero-order chi connectivity index (χ0) is 13.1. The minimum atomic E-state index is -0.0663. The van der Waals surface area contributed by atoms with E-state index in [1.807, 2.05) is 6.07 Å². The third kappa shape index (κ3) is 1.40. The van der Waals surface area contributed by atoms with Crippen LogP contribution in [0.3, 0.4) is 0 Å². The van der Waals surface area contributed by atoms with E-state index < -0.39 is 0 Å². The van der Waals surface area contributed by atoms with Crippen LogP contribution >= 0.6 is 15.9 Å². The van der Waals surface area contributed by atoms with Crippen LogP contribution in [0.15, 0.2) is 29.3 Å². The fourth-order valence-corrected chi connectivity index (χ4v) is 4.30. The smallest absolute Gasteiger partial charge is 0.127 e. The normalized spacial score (nSPS) is 26.1. The zero-order valence-corrected chi connectivity index (χ0v) is 12.5. The van der Waals surface area contributed by atoms with Gasteiger partial charge in [0.15, 0.2) is 0 Å². The standard InChI is InChI=1S/C16H17BrO2/c1-11-13-8-12(17)4-5-14(13)19-16(6-2-3-7-16)15(11)9-18-10-15/h4-5,8H,1-3,6-7,9-10H2. The molecule has 0 aromatic heterocycles. The Morgan fingerprint density at radius 2 is 1.89 bits per heavy atom. The molecule has 0 unspecified atom stereocenters. The predicted molar refractivity (Wildman–Crippen MR) is 78.3 cm³/mol. The van der Waals surface area contributed by atoms with Gasteiger partial charge in [-0.05, 0) is 49.5 Å². The van der Waals surface area contributed by atoms with Crippen LogP contribution in [0.2, 0.25) is 0 Å². The lowest BCUT2D eigenvalue weighted by molar-refractivity contribution is -0.179. The molecule has 1 aromatic rings. The van der Waals surface area contributed by atoms with Crippen LogP contribution < -0.4 is 4.74 Å². The van der Waals surface area contributed by atoms with Crippen molar-refractivity contribution in [3.63, 3.8) is 0 Å². The molecule has 2 aliphatic heterocycles. The van der Waals surface area contributed by atoms with Crippen molar-refractivity contribution in [2.75, 3.05) is 13.2 Å². The summed E-state index contributed by atoms with van der Waals surface area (Å²) in [5.74, 6) is 0.993. The van der Waals surface area contributed by atoms with Crippen LogP contribution in [-0.2, 0) is 4.74 Å². The third-order valence-electron chi connectivity index (χ3n) is 5.13. The van der Waals surface area contributed by atoms with Crippen molar-refractivity contribution in [2.45, 2.75) is 31.3 Å². The summed E-state index contributed by atoms with van der Waals surface area (Å²) in [7, 11) is 0. The van der Waals surface area contributed by atoms with E-state index in [4.69, 9.17) is 9.47 Å². The van der Waals surface area contributed by atoms with Crippen molar-refractivity contribution >= 4 is 21.5 Å². The van der Waals surface area contributed by atoms with Gasteiger partial charge in [0.25, 0.3) is 0 Å². The van der Waals surface area contributed by atoms with Crippen LogP contribution in [0.1, 0.15) is 31.2 Å². The molecule has 1 saturated heterocycles. The van der Waals surface area contributed by atoms with Gasteiger partial charge < -0.3 is 9.47 Å². The molecule has 0 bridgehead atoms. The second kappa shape index (κ2) is 3.86. The van der Waals surface area contributed by atoms with Crippen molar-refractivity contribution in [3.8, 4) is 5.75 Å². The number of hydrogen-bond acceptors (Lipinski definition) is 2. The highest BCUT2D eigenvalue weighted by atomic mass is 79.9. The summed E-state index contributed by atoms with van der Waals surface area (Å²) in [5, 5.41) is 0. The number of rotatable bonds is 0. The Morgan fingerprint density at radius 1 is 1.16 bits per heavy atom. The second-order valence-electron chi connectivity index (χ2n) is 6.00. The van der Waals surface area contributed by atoms with E-state index in [9.17, 15) is 0 Å². The first-order chi connectivity index (χ1) is 9.17. The first-order valence-corrected chi connectivity index (χ1v) is 7.72. The van der Waals surface area contributed by atoms with Crippen molar-refractivity contribution in [1.82, 2.24) is 0 Å². The molecule has 0 amide bonds. The Kier molecular flexibility index (Phi) is 2.43. The molecule has 1 saturated carbocycles. The minimum absolute atomic E-state index is 0.0112. The molecule has 1 aromatic carbocycles. The Balaban J connectivity index is 1.89. The molecule has 100 valence electrons. The molecule has 3 aliphatic rings. The van der Waals surface area contributed by atoms with Crippen molar-refractivity contribution in [1.29, 1.82) is 0 Å². The highest BCUT2D eigenvalue weighted by molar-refractivity contribution is 9.10. The van der Waals surface area contributed by atoms with E-state index in [-0.39, 0.29) is 11.0 Å². The van der Waals surface area contributed by atoms with Gasteiger partial charge in [0.2, 0.25) is 0 Å². The molecule has 2 fully saturated rings. The van der Waals surface area contributed by atoms with Gasteiger partial charge in [-0.15, -0.1) is 0 Å². The first kappa shape index (κ1) is 12.0. The van der Waals surface area contributed by atoms with E-state index >= 15 is 0 Å². The Hall–Kier alpha value is -0.800. The van der Waals surface area contributed by atoms with E-state index in [1.54, 1.807) is 0 Å². The fourth-order valence-electron chi connectivity index (χ4n) is 3.94. The van der Waals surface area contributed by atoms with Gasteiger partial charge in [-0.25, -0.2) is 0 Å². The lowest BCUT2D eigenvalue weighted by atomic mass is 9.61. The average molecular weight is 321 g/mol. The van der Waals surface area contributed by atoms with Crippen LogP contribution in [0.4, 0.5) is 0 Å². The molecular formula is C16H17BrO2. The maximum absolute atomic E-state index is 6.50. The van der Waals surface area contributed by atoms with Gasteiger partial charge in [-0.3, -0.25) is 0 Å². The number of benzene rings is 1. The molecule has 1 aliphatic carbocycles. The molecule has 4 rings (SSSR count). The number of halogens is 1. The highest BCUT2D eigenvalue weighted by Gasteiger charge is 2.63. The summed E-state index contributed by atoms with van der Waals surface area (Å²) >= 11 is 3.54. The third-order valence-corrected chi connectivity index (χ3v) is 5.62. The zero-order valence-electron chi connectivity index (χ0n) is 10.9. The lowest BCUT2D eigenvalue weighted by Crippen LogP contribution is -2.63. The Morgan fingerprint density at radius 3 is 2.53 bits per heavy atom. The summed E-state index contributed by atoms with van der Waals surface area (Å²) in [6.07, 6.45) is 4.76. The van der Waals surface area contributed by atoms with Crippen molar-refractivity contribution < 1.29 is 9.47 Å². The lowest BCUT2D eigenvalue weighted by Gasteiger charge is -2.57. The fraction of sp³-hybridized carbons (Fsp3) is 0.500. The maximum Gasteiger partial charge on any atom is 0.127 e. The van der Waals surface area contributed by atoms with E-state index in [2.05, 4.69) is 34.6 Å². The molecule has 2 spiro atoms. The minimum Gasteiger partial charge on any atom is -0.486 e. The van der Waals surface area contributed by atoms with Crippen molar-refractivity contribution in [2.24, 2.45) is 5.41 Å². The number of ether oxygens (including phenoxy) is 2. The molecule has 0 radical (unpaired) electrons. The van der Waals surface area contributed by atoms with Crippen LogP contribution in [-0.4, -0.2) is 18.8 Å². The molecule has 3 heteroatoms. The second-order valence-corrected chi connectivity index (χ2v) is 6.91. The SMILES string of the molecule is C=C1c2cc(Br)ccc2OC2(CCCC2)C12COC2. The monoisotopic (exact) mass is 320 g/mol. The van der Waals surface area contributed by atoms with E-state index in [0.29, 0.717) is 0 Å². The Bertz CT molecular complexity index is 554. The average Bonchev–Trinajstić information content (AvgIpc) is 2.78. The molecule has 2 nitrogen and oxygen atoms in total. The van der Waals surface area contributed by atoms with Gasteiger partial charge in [-0.1, -0.05) is 22.5 Å².